The van der Waals surface area contributed by atoms with Crippen molar-refractivity contribution in [2.45, 2.75) is 6.42 Å². The molecule has 0 radical (unpaired) electrons. The van der Waals surface area contributed by atoms with E-state index in [0.717, 1.165) is 11.6 Å². The molecule has 0 spiro atoms. The predicted molar refractivity (Wildman–Crippen MR) is 83.4 cm³/mol. The SMILES string of the molecule is COC(=O)c1ccc(F)cc1OCCc1ccc(Cl)cc1Cl. The maximum absolute atomic E-state index is 13.3. The van der Waals surface area contributed by atoms with E-state index >= 15 is 0 Å². The Morgan fingerprint density at radius 1 is 1.18 bits per heavy atom. The molecule has 2 aromatic carbocycles. The fraction of sp³-hybridized carbons (Fsp3) is 0.188. The number of ether oxygens (including phenoxy) is 2. The molecular weight excluding hydrogens is 330 g/mol. The van der Waals surface area contributed by atoms with Crippen molar-refractivity contribution in [2.24, 2.45) is 0 Å². The third kappa shape index (κ3) is 4.12. The molecule has 0 bridgehead atoms. The Kier molecular flexibility index (Phi) is 5.63. The van der Waals surface area contributed by atoms with Crippen LogP contribution in [0.25, 0.3) is 0 Å². The molecule has 6 heteroatoms. The molecule has 2 rings (SSSR count). The molecule has 0 aliphatic carbocycles. The number of esters is 1. The van der Waals surface area contributed by atoms with Crippen LogP contribution in [-0.2, 0) is 11.2 Å². The van der Waals surface area contributed by atoms with Gasteiger partial charge in [-0.2, -0.15) is 0 Å². The van der Waals surface area contributed by atoms with E-state index in [1.165, 1.54) is 19.2 Å². The van der Waals surface area contributed by atoms with Gasteiger partial charge in [-0.3, -0.25) is 0 Å². The summed E-state index contributed by atoms with van der Waals surface area (Å²) in [6, 6.07) is 8.81. The van der Waals surface area contributed by atoms with Crippen LogP contribution >= 0.6 is 23.2 Å². The lowest BCUT2D eigenvalue weighted by Crippen LogP contribution is -2.08. The van der Waals surface area contributed by atoms with Crippen molar-refractivity contribution in [2.75, 3.05) is 13.7 Å². The molecule has 0 saturated carbocycles. The number of carbonyl (C=O) groups excluding carboxylic acids is 1. The summed E-state index contributed by atoms with van der Waals surface area (Å²) in [4.78, 5) is 11.6. The van der Waals surface area contributed by atoms with Crippen molar-refractivity contribution in [3.05, 3.63) is 63.4 Å². The summed E-state index contributed by atoms with van der Waals surface area (Å²) in [7, 11) is 1.25. The highest BCUT2D eigenvalue weighted by molar-refractivity contribution is 6.35. The van der Waals surface area contributed by atoms with Gasteiger partial charge in [-0.25, -0.2) is 9.18 Å². The lowest BCUT2D eigenvalue weighted by atomic mass is 10.1. The number of carbonyl (C=O) groups is 1. The van der Waals surface area contributed by atoms with Crippen molar-refractivity contribution < 1.29 is 18.7 Å². The standard InChI is InChI=1S/C16H13Cl2FO3/c1-21-16(20)13-5-4-12(19)9-15(13)22-7-6-10-2-3-11(17)8-14(10)18/h2-5,8-9H,6-7H2,1H3. The predicted octanol–water partition coefficient (Wildman–Crippen LogP) is 4.54. The van der Waals surface area contributed by atoms with Gasteiger partial charge in [-0.1, -0.05) is 29.3 Å². The van der Waals surface area contributed by atoms with Gasteiger partial charge in [-0.05, 0) is 29.8 Å². The normalized spacial score (nSPS) is 10.4. The molecule has 0 atom stereocenters. The zero-order valence-corrected chi connectivity index (χ0v) is 13.2. The minimum absolute atomic E-state index is 0.136. The highest BCUT2D eigenvalue weighted by atomic mass is 35.5. The van der Waals surface area contributed by atoms with Gasteiger partial charge in [0.25, 0.3) is 0 Å². The van der Waals surface area contributed by atoms with Gasteiger partial charge in [0.2, 0.25) is 0 Å². The lowest BCUT2D eigenvalue weighted by molar-refractivity contribution is 0.0596. The molecule has 116 valence electrons. The summed E-state index contributed by atoms with van der Waals surface area (Å²) < 4.78 is 23.4. The zero-order chi connectivity index (χ0) is 16.1. The Morgan fingerprint density at radius 2 is 1.95 bits per heavy atom. The van der Waals surface area contributed by atoms with Crippen LogP contribution in [0.5, 0.6) is 5.75 Å². The van der Waals surface area contributed by atoms with E-state index in [1.54, 1.807) is 18.2 Å². The smallest absolute Gasteiger partial charge is 0.341 e. The van der Waals surface area contributed by atoms with Crippen LogP contribution in [0.4, 0.5) is 4.39 Å². The second-order valence-corrected chi connectivity index (χ2v) is 5.31. The van der Waals surface area contributed by atoms with E-state index in [2.05, 4.69) is 4.74 Å². The van der Waals surface area contributed by atoms with E-state index < -0.39 is 11.8 Å². The minimum atomic E-state index is -0.584. The molecule has 0 saturated heterocycles. The number of methoxy groups -OCH3 is 1. The molecule has 0 aliphatic rings. The molecule has 0 unspecified atom stereocenters. The van der Waals surface area contributed by atoms with Crippen LogP contribution in [0, 0.1) is 5.82 Å². The largest absolute Gasteiger partial charge is 0.492 e. The molecule has 2 aromatic rings. The van der Waals surface area contributed by atoms with Crippen LogP contribution in [0.3, 0.4) is 0 Å². The summed E-state index contributed by atoms with van der Waals surface area (Å²) >= 11 is 11.9. The number of hydrogen-bond donors (Lipinski definition) is 0. The first-order valence-electron chi connectivity index (χ1n) is 6.46. The Hall–Kier alpha value is -1.78. The van der Waals surface area contributed by atoms with Crippen LogP contribution in [0.1, 0.15) is 15.9 Å². The van der Waals surface area contributed by atoms with Gasteiger partial charge >= 0.3 is 5.97 Å². The summed E-state index contributed by atoms with van der Waals surface area (Å²) in [5.41, 5.74) is 1.02. The Morgan fingerprint density at radius 3 is 2.64 bits per heavy atom. The summed E-state index contributed by atoms with van der Waals surface area (Å²) in [5, 5.41) is 1.08. The van der Waals surface area contributed by atoms with Crippen LogP contribution in [0.15, 0.2) is 36.4 Å². The van der Waals surface area contributed by atoms with Crippen molar-refractivity contribution in [3.63, 3.8) is 0 Å². The van der Waals surface area contributed by atoms with E-state index in [9.17, 15) is 9.18 Å². The Labute approximate surface area is 137 Å². The van der Waals surface area contributed by atoms with Crippen LogP contribution < -0.4 is 4.74 Å². The molecule has 3 nitrogen and oxygen atoms in total. The molecule has 0 fully saturated rings. The topological polar surface area (TPSA) is 35.5 Å². The quantitative estimate of drug-likeness (QED) is 0.748. The third-order valence-corrected chi connectivity index (χ3v) is 3.58. The molecule has 0 N–H and O–H groups in total. The highest BCUT2D eigenvalue weighted by Crippen LogP contribution is 2.23. The van der Waals surface area contributed by atoms with Gasteiger partial charge in [0.05, 0.1) is 13.7 Å². The second-order valence-electron chi connectivity index (χ2n) is 4.47. The van der Waals surface area contributed by atoms with E-state index in [-0.39, 0.29) is 17.9 Å². The van der Waals surface area contributed by atoms with Crippen molar-refractivity contribution in [1.82, 2.24) is 0 Å². The van der Waals surface area contributed by atoms with Crippen LogP contribution in [-0.4, -0.2) is 19.7 Å². The number of hydrogen-bond acceptors (Lipinski definition) is 3. The monoisotopic (exact) mass is 342 g/mol. The van der Waals surface area contributed by atoms with Crippen molar-refractivity contribution >= 4 is 29.2 Å². The van der Waals surface area contributed by atoms with Gasteiger partial charge in [0, 0.05) is 22.5 Å². The summed E-state index contributed by atoms with van der Waals surface area (Å²) in [6.07, 6.45) is 0.493. The Balaban J connectivity index is 2.08. The van der Waals surface area contributed by atoms with Crippen molar-refractivity contribution in [3.8, 4) is 5.75 Å². The molecule has 0 aromatic heterocycles. The minimum Gasteiger partial charge on any atom is -0.492 e. The zero-order valence-electron chi connectivity index (χ0n) is 11.7. The lowest BCUT2D eigenvalue weighted by Gasteiger charge is -2.11. The van der Waals surface area contributed by atoms with Crippen molar-refractivity contribution in [1.29, 1.82) is 0 Å². The molecule has 22 heavy (non-hydrogen) atoms. The first-order chi connectivity index (χ1) is 10.5. The average Bonchev–Trinajstić information content (AvgIpc) is 2.49. The number of rotatable bonds is 5. The van der Waals surface area contributed by atoms with Gasteiger partial charge < -0.3 is 9.47 Å². The summed E-state index contributed by atoms with van der Waals surface area (Å²) in [5.74, 6) is -0.941. The Bertz CT molecular complexity index is 689. The van der Waals surface area contributed by atoms with Gasteiger partial charge in [0.1, 0.15) is 17.1 Å². The van der Waals surface area contributed by atoms with Gasteiger partial charge in [-0.15, -0.1) is 0 Å². The third-order valence-electron chi connectivity index (χ3n) is 2.99. The number of halogens is 3. The fourth-order valence-electron chi connectivity index (χ4n) is 1.89. The van der Waals surface area contributed by atoms with Crippen LogP contribution in [0.2, 0.25) is 10.0 Å². The maximum Gasteiger partial charge on any atom is 0.341 e. The first-order valence-corrected chi connectivity index (χ1v) is 7.21. The van der Waals surface area contributed by atoms with E-state index in [0.29, 0.717) is 16.5 Å². The molecule has 0 aliphatic heterocycles. The first kappa shape index (κ1) is 16.6. The summed E-state index contributed by atoms with van der Waals surface area (Å²) in [6.45, 7) is 0.231. The number of benzene rings is 2. The van der Waals surface area contributed by atoms with E-state index in [1.807, 2.05) is 0 Å². The van der Waals surface area contributed by atoms with E-state index in [4.69, 9.17) is 27.9 Å². The average molecular weight is 343 g/mol. The molecule has 0 heterocycles. The van der Waals surface area contributed by atoms with Gasteiger partial charge in [0.15, 0.2) is 0 Å². The highest BCUT2D eigenvalue weighted by Gasteiger charge is 2.14. The molecule has 0 amide bonds. The molecular formula is C16H13Cl2FO3. The fourth-order valence-corrected chi connectivity index (χ4v) is 2.39. The maximum atomic E-state index is 13.3. The second kappa shape index (κ2) is 7.47.